The number of benzene rings is 1. The van der Waals surface area contributed by atoms with E-state index in [1.807, 2.05) is 18.2 Å². The Morgan fingerprint density at radius 1 is 1.20 bits per heavy atom. The average molecular weight is 555 g/mol. The number of nitrogens with one attached hydrogen (secondary N) is 3. The highest BCUT2D eigenvalue weighted by atomic mass is 127. The van der Waals surface area contributed by atoms with Gasteiger partial charge in [0.2, 0.25) is 10.0 Å². The van der Waals surface area contributed by atoms with Crippen LogP contribution in [0.2, 0.25) is 0 Å². The first kappa shape index (κ1) is 26.6. The Morgan fingerprint density at radius 2 is 1.87 bits per heavy atom. The number of methoxy groups -OCH3 is 2. The monoisotopic (exact) mass is 555 g/mol. The second kappa shape index (κ2) is 13.1. The number of halogens is 1. The summed E-state index contributed by atoms with van der Waals surface area (Å²) in [6.45, 7) is 4.43. The van der Waals surface area contributed by atoms with Gasteiger partial charge in [0.15, 0.2) is 5.96 Å². The topological polar surface area (TPSA) is 104 Å². The molecule has 1 fully saturated rings. The van der Waals surface area contributed by atoms with Crippen LogP contribution in [-0.2, 0) is 10.0 Å². The van der Waals surface area contributed by atoms with Gasteiger partial charge in [0.05, 0.1) is 20.0 Å². The van der Waals surface area contributed by atoms with Crippen molar-refractivity contribution in [1.29, 1.82) is 0 Å². The van der Waals surface area contributed by atoms with Crippen LogP contribution in [0.15, 0.2) is 23.2 Å². The van der Waals surface area contributed by atoms with Crippen LogP contribution in [-0.4, -0.2) is 73.6 Å². The van der Waals surface area contributed by atoms with Crippen LogP contribution in [0.5, 0.6) is 11.5 Å². The van der Waals surface area contributed by atoms with Gasteiger partial charge in [0, 0.05) is 63.2 Å². The third-order valence-corrected chi connectivity index (χ3v) is 6.21. The molecule has 0 amide bonds. The molecule has 11 heteroatoms. The summed E-state index contributed by atoms with van der Waals surface area (Å²) in [6, 6.07) is 6.14. The van der Waals surface area contributed by atoms with E-state index in [0.29, 0.717) is 19.5 Å². The number of ether oxygens (including phenoxy) is 2. The molecule has 0 radical (unpaired) electrons. The van der Waals surface area contributed by atoms with Crippen molar-refractivity contribution in [1.82, 2.24) is 15.4 Å². The molecule has 1 aliphatic heterocycles. The minimum absolute atomic E-state index is 0. The minimum atomic E-state index is -3.13. The molecule has 3 N–H and O–H groups in total. The number of guanidine groups is 1. The maximum atomic E-state index is 11.4. The molecular formula is C19H34IN5O4S. The fourth-order valence-corrected chi connectivity index (χ4v) is 3.76. The lowest BCUT2D eigenvalue weighted by Gasteiger charge is -2.21. The summed E-state index contributed by atoms with van der Waals surface area (Å²) in [6.07, 6.45) is 1.66. The van der Waals surface area contributed by atoms with Crippen molar-refractivity contribution in [2.24, 2.45) is 4.99 Å². The molecule has 1 atom stereocenters. The highest BCUT2D eigenvalue weighted by molar-refractivity contribution is 14.0. The maximum Gasteiger partial charge on any atom is 0.211 e. The molecule has 0 bridgehead atoms. The van der Waals surface area contributed by atoms with Crippen LogP contribution in [0.4, 0.5) is 5.69 Å². The highest BCUT2D eigenvalue weighted by Gasteiger charge is 2.24. The molecule has 30 heavy (non-hydrogen) atoms. The van der Waals surface area contributed by atoms with Gasteiger partial charge in [-0.05, 0) is 19.8 Å². The number of hydrogen-bond donors (Lipinski definition) is 3. The van der Waals surface area contributed by atoms with Crippen molar-refractivity contribution in [3.8, 4) is 11.5 Å². The van der Waals surface area contributed by atoms with E-state index in [4.69, 9.17) is 9.47 Å². The van der Waals surface area contributed by atoms with Crippen molar-refractivity contribution in [2.45, 2.75) is 25.8 Å². The zero-order valence-corrected chi connectivity index (χ0v) is 21.2. The van der Waals surface area contributed by atoms with Gasteiger partial charge in [-0.1, -0.05) is 0 Å². The van der Waals surface area contributed by atoms with Crippen molar-refractivity contribution in [3.05, 3.63) is 18.2 Å². The number of anilines is 1. The number of sulfonamides is 1. The standard InChI is InChI=1S/C19H33N5O4S.HI/c1-5-29(25,26)22-9-6-8-21-19(20-2)23-15-7-10-24(14-15)16-11-17(27-3)13-18(12-16)28-4;/h11-13,15,22H,5-10,14H2,1-4H3,(H2,20,21,23);1H. The van der Waals surface area contributed by atoms with Gasteiger partial charge < -0.3 is 25.0 Å². The quantitative estimate of drug-likeness (QED) is 0.174. The first-order valence-corrected chi connectivity index (χ1v) is 11.5. The predicted molar refractivity (Wildman–Crippen MR) is 132 cm³/mol. The molecule has 0 aromatic heterocycles. The average Bonchev–Trinajstić information content (AvgIpc) is 3.20. The van der Waals surface area contributed by atoms with E-state index in [2.05, 4.69) is 25.2 Å². The maximum absolute atomic E-state index is 11.4. The Balaban J connectivity index is 0.00000450. The summed E-state index contributed by atoms with van der Waals surface area (Å²) in [5.74, 6) is 2.36. The van der Waals surface area contributed by atoms with Crippen molar-refractivity contribution < 1.29 is 17.9 Å². The van der Waals surface area contributed by atoms with E-state index in [1.165, 1.54) is 0 Å². The minimum Gasteiger partial charge on any atom is -0.497 e. The van der Waals surface area contributed by atoms with E-state index in [9.17, 15) is 8.42 Å². The van der Waals surface area contributed by atoms with Gasteiger partial charge in [-0.2, -0.15) is 0 Å². The Morgan fingerprint density at radius 3 is 2.43 bits per heavy atom. The first-order chi connectivity index (χ1) is 13.9. The van der Waals surface area contributed by atoms with Crippen LogP contribution in [0.1, 0.15) is 19.8 Å². The number of nitrogens with zero attached hydrogens (tertiary/aromatic N) is 2. The summed E-state index contributed by atoms with van der Waals surface area (Å²) in [5.41, 5.74) is 1.07. The Hall–Kier alpha value is -1.47. The van der Waals surface area contributed by atoms with Gasteiger partial charge in [-0.15, -0.1) is 24.0 Å². The Labute approximate surface area is 197 Å². The van der Waals surface area contributed by atoms with E-state index >= 15 is 0 Å². The molecule has 0 saturated carbocycles. The summed E-state index contributed by atoms with van der Waals surface area (Å²) in [4.78, 5) is 6.55. The Kier molecular flexibility index (Phi) is 11.6. The van der Waals surface area contributed by atoms with Gasteiger partial charge in [0.1, 0.15) is 11.5 Å². The summed E-state index contributed by atoms with van der Waals surface area (Å²) < 4.78 is 36.1. The van der Waals surface area contributed by atoms with Crippen LogP contribution in [0.3, 0.4) is 0 Å². The zero-order valence-electron chi connectivity index (χ0n) is 18.1. The van der Waals surface area contributed by atoms with Gasteiger partial charge in [-0.25, -0.2) is 13.1 Å². The van der Waals surface area contributed by atoms with Crippen LogP contribution in [0.25, 0.3) is 0 Å². The Bertz CT molecular complexity index is 769. The molecule has 1 unspecified atom stereocenters. The molecule has 1 aliphatic rings. The number of aliphatic imine (C=N–C) groups is 1. The van der Waals surface area contributed by atoms with E-state index < -0.39 is 10.0 Å². The lowest BCUT2D eigenvalue weighted by atomic mass is 10.2. The van der Waals surface area contributed by atoms with Gasteiger partial charge in [-0.3, -0.25) is 4.99 Å². The largest absolute Gasteiger partial charge is 0.497 e. The predicted octanol–water partition coefficient (Wildman–Crippen LogP) is 1.39. The number of rotatable bonds is 10. The molecule has 172 valence electrons. The molecule has 1 heterocycles. The highest BCUT2D eigenvalue weighted by Crippen LogP contribution is 2.30. The number of hydrogen-bond acceptors (Lipinski definition) is 6. The lowest BCUT2D eigenvalue weighted by Crippen LogP contribution is -2.45. The summed E-state index contributed by atoms with van der Waals surface area (Å²) in [5, 5.41) is 6.67. The van der Waals surface area contributed by atoms with Crippen LogP contribution < -0.4 is 29.7 Å². The molecular weight excluding hydrogens is 521 g/mol. The SMILES string of the molecule is CCS(=O)(=O)NCCCNC(=NC)NC1CCN(c2cc(OC)cc(OC)c2)C1.I. The fourth-order valence-electron chi connectivity index (χ4n) is 3.10. The van der Waals surface area contributed by atoms with Crippen LogP contribution in [0, 0.1) is 0 Å². The van der Waals surface area contributed by atoms with Crippen molar-refractivity contribution in [2.75, 3.05) is 58.1 Å². The molecule has 9 nitrogen and oxygen atoms in total. The normalized spacial score (nSPS) is 16.7. The smallest absolute Gasteiger partial charge is 0.211 e. The molecule has 2 rings (SSSR count). The molecule has 1 aromatic carbocycles. The third-order valence-electron chi connectivity index (χ3n) is 4.80. The van der Waals surface area contributed by atoms with E-state index in [0.717, 1.165) is 42.7 Å². The lowest BCUT2D eigenvalue weighted by molar-refractivity contribution is 0.394. The van der Waals surface area contributed by atoms with Crippen molar-refractivity contribution >= 4 is 45.6 Å². The van der Waals surface area contributed by atoms with Crippen molar-refractivity contribution in [3.63, 3.8) is 0 Å². The third kappa shape index (κ3) is 8.34. The van der Waals surface area contributed by atoms with E-state index in [1.54, 1.807) is 28.2 Å². The molecule has 0 spiro atoms. The molecule has 0 aliphatic carbocycles. The summed E-state index contributed by atoms with van der Waals surface area (Å²) in [7, 11) is 1.89. The molecule has 1 aromatic rings. The van der Waals surface area contributed by atoms with E-state index in [-0.39, 0.29) is 35.8 Å². The van der Waals surface area contributed by atoms with Gasteiger partial charge in [0.25, 0.3) is 0 Å². The zero-order chi connectivity index (χ0) is 21.3. The first-order valence-electron chi connectivity index (χ1n) is 9.83. The summed E-state index contributed by atoms with van der Waals surface area (Å²) >= 11 is 0. The second-order valence-corrected chi connectivity index (χ2v) is 8.89. The molecule has 1 saturated heterocycles. The van der Waals surface area contributed by atoms with Crippen LogP contribution >= 0.6 is 24.0 Å². The second-order valence-electron chi connectivity index (χ2n) is 6.80. The fraction of sp³-hybridized carbons (Fsp3) is 0.632. The van der Waals surface area contributed by atoms with Gasteiger partial charge >= 0.3 is 0 Å².